The molecule has 9 heteroatoms. The van der Waals surface area contributed by atoms with Crippen molar-refractivity contribution in [2.75, 3.05) is 6.61 Å². The monoisotopic (exact) mass is 481 g/mol. The Kier molecular flexibility index (Phi) is 6.62. The zero-order chi connectivity index (χ0) is 23.8. The van der Waals surface area contributed by atoms with Crippen molar-refractivity contribution in [1.82, 2.24) is 9.97 Å². The van der Waals surface area contributed by atoms with Gasteiger partial charge in [0, 0.05) is 33.9 Å². The zero-order valence-corrected chi connectivity index (χ0v) is 19.3. The summed E-state index contributed by atoms with van der Waals surface area (Å²) in [6.07, 6.45) is 1.31. The number of hydrogen-bond donors (Lipinski definition) is 5. The molecule has 5 atom stereocenters. The van der Waals surface area contributed by atoms with Gasteiger partial charge in [-0.25, -0.2) is 4.98 Å². The molecule has 5 rings (SSSR count). The third-order valence-corrected chi connectivity index (χ3v) is 7.88. The van der Waals surface area contributed by atoms with E-state index in [0.29, 0.717) is 10.6 Å². The summed E-state index contributed by atoms with van der Waals surface area (Å²) < 4.78 is 5.70. The number of hydrogen-bond acceptors (Lipinski definition) is 8. The number of nitrogens with one attached hydrogen (secondary N) is 1. The highest BCUT2D eigenvalue weighted by molar-refractivity contribution is 7.99. The van der Waals surface area contributed by atoms with E-state index in [-0.39, 0.29) is 0 Å². The van der Waals surface area contributed by atoms with Crippen LogP contribution in [0.2, 0.25) is 0 Å². The van der Waals surface area contributed by atoms with E-state index >= 15 is 0 Å². The van der Waals surface area contributed by atoms with Crippen molar-refractivity contribution in [2.24, 2.45) is 0 Å². The molecule has 8 nitrogen and oxygen atoms in total. The second-order valence-corrected chi connectivity index (χ2v) is 9.91. The normalized spacial score (nSPS) is 27.2. The maximum absolute atomic E-state index is 10.6. The number of nitrogens with zero attached hydrogens (tertiary/aromatic N) is 2. The lowest BCUT2D eigenvalue weighted by molar-refractivity contribution is -0.205. The molecule has 1 aliphatic heterocycles. The molecule has 0 bridgehead atoms. The molecule has 34 heavy (non-hydrogen) atoms. The van der Waals surface area contributed by atoms with Crippen LogP contribution in [0.15, 0.2) is 35.5 Å². The second kappa shape index (κ2) is 9.66. The summed E-state index contributed by atoms with van der Waals surface area (Å²) in [4.78, 5) is 8.15. The summed E-state index contributed by atoms with van der Waals surface area (Å²) in [5, 5.41) is 52.2. The van der Waals surface area contributed by atoms with Crippen molar-refractivity contribution >= 4 is 22.7 Å². The Morgan fingerprint density at radius 2 is 1.88 bits per heavy atom. The Morgan fingerprint density at radius 3 is 2.68 bits per heavy atom. The molecule has 0 saturated carbocycles. The third-order valence-electron chi connectivity index (χ3n) is 6.74. The molecule has 3 heterocycles. The Labute approximate surface area is 201 Å². The van der Waals surface area contributed by atoms with Crippen LogP contribution < -0.4 is 0 Å². The molecule has 0 spiro atoms. The van der Waals surface area contributed by atoms with Gasteiger partial charge < -0.3 is 30.1 Å². The molecule has 0 amide bonds. The Morgan fingerprint density at radius 1 is 1.09 bits per heavy atom. The highest BCUT2D eigenvalue weighted by atomic mass is 32.2. The highest BCUT2D eigenvalue weighted by Crippen LogP contribution is 2.42. The van der Waals surface area contributed by atoms with Crippen LogP contribution in [0.1, 0.15) is 36.1 Å². The summed E-state index contributed by atoms with van der Waals surface area (Å²) in [6.45, 7) is -0.509. The number of pyridine rings is 1. The fourth-order valence-electron chi connectivity index (χ4n) is 4.93. The van der Waals surface area contributed by atoms with Crippen LogP contribution in [0, 0.1) is 11.3 Å². The number of nitriles is 1. The van der Waals surface area contributed by atoms with Gasteiger partial charge in [0.25, 0.3) is 0 Å². The van der Waals surface area contributed by atoms with Crippen LogP contribution in [-0.2, 0) is 17.6 Å². The van der Waals surface area contributed by atoms with Gasteiger partial charge in [0.05, 0.1) is 12.2 Å². The summed E-state index contributed by atoms with van der Waals surface area (Å²) in [5.74, 6) is 0. The van der Waals surface area contributed by atoms with Gasteiger partial charge in [-0.05, 0) is 37.3 Å². The smallest absolute Gasteiger partial charge is 0.138 e. The molecule has 0 unspecified atom stereocenters. The van der Waals surface area contributed by atoms with Gasteiger partial charge in [0.1, 0.15) is 40.9 Å². The Balaban J connectivity index is 1.65. The molecule has 1 aliphatic carbocycles. The van der Waals surface area contributed by atoms with Gasteiger partial charge in [-0.15, -0.1) is 0 Å². The minimum absolute atomic E-state index is 0.396. The molecule has 1 fully saturated rings. The number of H-pyrrole nitrogens is 1. The van der Waals surface area contributed by atoms with Crippen LogP contribution in [-0.4, -0.2) is 66.9 Å². The summed E-state index contributed by atoms with van der Waals surface area (Å²) in [6, 6.07) is 10.3. The van der Waals surface area contributed by atoms with Crippen molar-refractivity contribution in [3.05, 3.63) is 47.3 Å². The molecule has 3 aromatic rings. The zero-order valence-electron chi connectivity index (χ0n) is 18.5. The van der Waals surface area contributed by atoms with Crippen LogP contribution in [0.3, 0.4) is 0 Å². The van der Waals surface area contributed by atoms with Gasteiger partial charge in [0.15, 0.2) is 0 Å². The van der Waals surface area contributed by atoms with Gasteiger partial charge in [0.2, 0.25) is 0 Å². The minimum Gasteiger partial charge on any atom is -0.394 e. The van der Waals surface area contributed by atoms with E-state index in [1.807, 2.05) is 30.5 Å². The van der Waals surface area contributed by atoms with E-state index < -0.39 is 36.5 Å². The number of thioether (sulfide) groups is 1. The first-order valence-corrected chi connectivity index (χ1v) is 12.4. The molecule has 1 saturated heterocycles. The van der Waals surface area contributed by atoms with Crippen molar-refractivity contribution < 1.29 is 25.2 Å². The number of fused-ring (bicyclic) bond motifs is 2. The maximum atomic E-state index is 10.6. The fraction of sp³-hybridized carbons (Fsp3) is 0.440. The van der Waals surface area contributed by atoms with Gasteiger partial charge in [-0.2, -0.15) is 5.26 Å². The average Bonchev–Trinajstić information content (AvgIpc) is 3.14. The first-order chi connectivity index (χ1) is 16.5. The topological polar surface area (TPSA) is 143 Å². The molecule has 2 aliphatic rings. The number of para-hydroxylation sites is 1. The summed E-state index contributed by atoms with van der Waals surface area (Å²) in [5.41, 5.74) is 4.16. The lowest BCUT2D eigenvalue weighted by atomic mass is 9.92. The number of benzene rings is 1. The van der Waals surface area contributed by atoms with E-state index in [1.165, 1.54) is 0 Å². The van der Waals surface area contributed by atoms with Gasteiger partial charge in [-0.3, -0.25) is 0 Å². The number of ether oxygens (including phenoxy) is 1. The summed E-state index contributed by atoms with van der Waals surface area (Å²) >= 11 is 1.05. The number of aromatic nitrogens is 2. The summed E-state index contributed by atoms with van der Waals surface area (Å²) in [7, 11) is 0. The molecular weight excluding hydrogens is 454 g/mol. The molecule has 2 aromatic heterocycles. The second-order valence-electron chi connectivity index (χ2n) is 8.83. The van der Waals surface area contributed by atoms with Crippen LogP contribution in [0.25, 0.3) is 22.0 Å². The molecule has 0 radical (unpaired) electrons. The standard InChI is InChI=1S/C25H27N3O5S/c26-10-15-20(16-11-27-17-8-5-4-6-13(16)17)14-7-2-1-3-9-18(14)28-24(15)34-25-23(32)22(31)21(30)19(12-29)33-25/h4-6,8,11,19,21-23,25,27,29-32H,1-3,7,9,12H2/t19-,21+,22+,23-,25+/m1/s1. The first-order valence-electron chi connectivity index (χ1n) is 11.5. The highest BCUT2D eigenvalue weighted by Gasteiger charge is 2.44. The molecular formula is C25H27N3O5S. The van der Waals surface area contributed by atoms with Gasteiger partial charge in [-0.1, -0.05) is 36.4 Å². The third kappa shape index (κ3) is 4.01. The molecule has 5 N–H and O–H groups in total. The van der Waals surface area contributed by atoms with E-state index in [9.17, 15) is 25.7 Å². The fourth-order valence-corrected chi connectivity index (χ4v) is 6.08. The Bertz CT molecular complexity index is 1240. The molecule has 1 aromatic carbocycles. The number of aliphatic hydroxyl groups excluding tert-OH is 4. The van der Waals surface area contributed by atoms with E-state index in [2.05, 4.69) is 11.1 Å². The predicted molar refractivity (Wildman–Crippen MR) is 127 cm³/mol. The van der Waals surface area contributed by atoms with Crippen molar-refractivity contribution in [3.8, 4) is 17.2 Å². The van der Waals surface area contributed by atoms with E-state index in [1.54, 1.807) is 0 Å². The SMILES string of the molecule is N#Cc1c(S[C@@H]2O[C@H](CO)[C@H](O)[C@H](O)[C@H]2O)nc2c(c1-c1c[nH]c3ccccc13)CCCCC2. The number of aryl methyl sites for hydroxylation is 1. The predicted octanol–water partition coefficient (Wildman–Crippen LogP) is 2.26. The number of rotatable bonds is 4. The number of aromatic amines is 1. The number of aliphatic hydroxyl groups is 4. The van der Waals surface area contributed by atoms with Crippen molar-refractivity contribution in [2.45, 2.75) is 67.0 Å². The van der Waals surface area contributed by atoms with E-state index in [4.69, 9.17) is 9.72 Å². The maximum Gasteiger partial charge on any atom is 0.138 e. The average molecular weight is 482 g/mol. The Hall–Kier alpha value is -2.45. The van der Waals surface area contributed by atoms with Crippen molar-refractivity contribution in [3.63, 3.8) is 0 Å². The van der Waals surface area contributed by atoms with Crippen LogP contribution in [0.4, 0.5) is 0 Å². The van der Waals surface area contributed by atoms with Gasteiger partial charge >= 0.3 is 0 Å². The van der Waals surface area contributed by atoms with Crippen LogP contribution >= 0.6 is 11.8 Å². The largest absolute Gasteiger partial charge is 0.394 e. The lowest BCUT2D eigenvalue weighted by Gasteiger charge is -2.39. The lowest BCUT2D eigenvalue weighted by Crippen LogP contribution is -2.57. The minimum atomic E-state index is -1.48. The van der Waals surface area contributed by atoms with E-state index in [0.717, 1.165) is 77.2 Å². The van der Waals surface area contributed by atoms with Crippen molar-refractivity contribution in [1.29, 1.82) is 5.26 Å². The quantitative estimate of drug-likeness (QED) is 0.357. The first kappa shape index (κ1) is 23.3. The van der Waals surface area contributed by atoms with Crippen LogP contribution in [0.5, 0.6) is 0 Å². The molecule has 178 valence electrons.